The van der Waals surface area contributed by atoms with Gasteiger partial charge in [0.05, 0.1) is 7.11 Å². The highest BCUT2D eigenvalue weighted by Gasteiger charge is 2.44. The van der Waals surface area contributed by atoms with E-state index in [1.807, 2.05) is 12.1 Å². The number of likely N-dealkylation sites (N-methyl/N-ethyl adjacent to an activating group) is 1. The molecule has 0 aliphatic heterocycles. The van der Waals surface area contributed by atoms with Crippen molar-refractivity contribution in [3.05, 3.63) is 29.8 Å². The summed E-state index contributed by atoms with van der Waals surface area (Å²) in [5, 5.41) is 0. The highest BCUT2D eigenvalue weighted by molar-refractivity contribution is 5.70. The first-order chi connectivity index (χ1) is 16.5. The number of hydrogen-bond acceptors (Lipinski definition) is 4. The predicted molar refractivity (Wildman–Crippen MR) is 143 cm³/mol. The van der Waals surface area contributed by atoms with Gasteiger partial charge in [-0.1, -0.05) is 83.3 Å². The molecule has 0 spiro atoms. The highest BCUT2D eigenvalue weighted by Crippen LogP contribution is 2.44. The smallest absolute Gasteiger partial charge is 0.306 e. The zero-order valence-electron chi connectivity index (χ0n) is 22.6. The van der Waals surface area contributed by atoms with Crippen LogP contribution in [0.3, 0.4) is 0 Å². The molecule has 1 aromatic carbocycles. The summed E-state index contributed by atoms with van der Waals surface area (Å²) in [4.78, 5) is 15.2. The molecular weight excluding hydrogens is 422 g/mol. The van der Waals surface area contributed by atoms with Crippen LogP contribution in [-0.2, 0) is 9.53 Å². The first-order valence-electron chi connectivity index (χ1n) is 14.0. The number of rotatable bonds is 17. The van der Waals surface area contributed by atoms with Gasteiger partial charge in [-0.15, -0.1) is 0 Å². The molecule has 0 heterocycles. The van der Waals surface area contributed by atoms with Gasteiger partial charge in [0.2, 0.25) is 0 Å². The largest absolute Gasteiger partial charge is 0.497 e. The van der Waals surface area contributed by atoms with Gasteiger partial charge in [-0.05, 0) is 63.9 Å². The third-order valence-electron chi connectivity index (χ3n) is 7.45. The number of esters is 1. The van der Waals surface area contributed by atoms with Crippen LogP contribution in [0, 0.1) is 0 Å². The third kappa shape index (κ3) is 9.98. The van der Waals surface area contributed by atoms with Gasteiger partial charge < -0.3 is 14.4 Å². The van der Waals surface area contributed by atoms with Gasteiger partial charge in [0.25, 0.3) is 0 Å². The minimum atomic E-state index is -0.396. The Labute approximate surface area is 209 Å². The molecule has 0 saturated heterocycles. The molecule has 0 N–H and O–H groups in total. The number of ether oxygens (including phenoxy) is 2. The van der Waals surface area contributed by atoms with E-state index >= 15 is 0 Å². The maximum absolute atomic E-state index is 13.0. The zero-order valence-corrected chi connectivity index (χ0v) is 22.6. The van der Waals surface area contributed by atoms with Crippen molar-refractivity contribution in [1.29, 1.82) is 0 Å². The molecule has 1 aliphatic carbocycles. The van der Waals surface area contributed by atoms with Crippen LogP contribution in [0.5, 0.6) is 5.75 Å². The molecule has 1 aliphatic rings. The van der Waals surface area contributed by atoms with E-state index in [1.54, 1.807) is 7.11 Å². The molecule has 0 amide bonds. The summed E-state index contributed by atoms with van der Waals surface area (Å²) in [5.41, 5.74) is 0.843. The van der Waals surface area contributed by atoms with Crippen molar-refractivity contribution < 1.29 is 14.3 Å². The lowest BCUT2D eigenvalue weighted by Gasteiger charge is -2.44. The van der Waals surface area contributed by atoms with E-state index in [2.05, 4.69) is 38.1 Å². The Bertz CT molecular complexity index is 664. The van der Waals surface area contributed by atoms with Gasteiger partial charge in [0, 0.05) is 18.9 Å². The van der Waals surface area contributed by atoms with E-state index in [-0.39, 0.29) is 11.9 Å². The Kier molecular flexibility index (Phi) is 13.7. The quantitative estimate of drug-likeness (QED) is 0.170. The molecule has 1 atom stereocenters. The van der Waals surface area contributed by atoms with Crippen molar-refractivity contribution in [2.75, 3.05) is 27.7 Å². The van der Waals surface area contributed by atoms with Crippen molar-refractivity contribution in [2.45, 2.75) is 121 Å². The number of benzene rings is 1. The maximum atomic E-state index is 13.0. The molecule has 194 valence electrons. The SMILES string of the molecule is CCCCCCCCCCCCC(=O)OC1(C(CN(C)C)c2ccc(OC)cc2)CCCCC1. The second-order valence-corrected chi connectivity index (χ2v) is 10.6. The van der Waals surface area contributed by atoms with E-state index in [0.29, 0.717) is 6.42 Å². The van der Waals surface area contributed by atoms with Crippen molar-refractivity contribution in [3.8, 4) is 5.75 Å². The van der Waals surface area contributed by atoms with Gasteiger partial charge in [-0.2, -0.15) is 0 Å². The lowest BCUT2D eigenvalue weighted by molar-refractivity contribution is -0.167. The standard InChI is InChI=1S/C30H51NO3/c1-5-6-7-8-9-10-11-12-13-15-18-29(32)34-30(23-16-14-17-24-30)28(25-31(2)3)26-19-21-27(33-4)22-20-26/h19-22,28H,5-18,23-25H2,1-4H3. The molecule has 2 rings (SSSR count). The number of unbranched alkanes of at least 4 members (excludes halogenated alkanes) is 9. The Morgan fingerprint density at radius 1 is 0.882 bits per heavy atom. The Balaban J connectivity index is 1.90. The summed E-state index contributed by atoms with van der Waals surface area (Å²) in [6, 6.07) is 8.36. The molecule has 0 bridgehead atoms. The predicted octanol–water partition coefficient (Wildman–Crippen LogP) is 7.90. The fourth-order valence-electron chi connectivity index (χ4n) is 5.48. The number of carbonyl (C=O) groups is 1. The van der Waals surface area contributed by atoms with E-state index in [4.69, 9.17) is 9.47 Å². The zero-order chi connectivity index (χ0) is 24.7. The van der Waals surface area contributed by atoms with Gasteiger partial charge in [-0.25, -0.2) is 0 Å². The lowest BCUT2D eigenvalue weighted by atomic mass is 9.72. The number of carbonyl (C=O) groups excluding carboxylic acids is 1. The average molecular weight is 474 g/mol. The second-order valence-electron chi connectivity index (χ2n) is 10.6. The summed E-state index contributed by atoms with van der Waals surface area (Å²) in [6.07, 6.45) is 18.7. The molecule has 0 radical (unpaired) electrons. The number of methoxy groups -OCH3 is 1. The number of hydrogen-bond donors (Lipinski definition) is 0. The maximum Gasteiger partial charge on any atom is 0.306 e. The van der Waals surface area contributed by atoms with Crippen LogP contribution >= 0.6 is 0 Å². The first kappa shape index (κ1) is 28.7. The summed E-state index contributed by atoms with van der Waals surface area (Å²) >= 11 is 0. The second kappa shape index (κ2) is 16.2. The Morgan fingerprint density at radius 3 is 1.97 bits per heavy atom. The Hall–Kier alpha value is -1.55. The van der Waals surface area contributed by atoms with Crippen molar-refractivity contribution in [1.82, 2.24) is 4.90 Å². The highest BCUT2D eigenvalue weighted by atomic mass is 16.6. The monoisotopic (exact) mass is 473 g/mol. The molecule has 4 heteroatoms. The average Bonchev–Trinajstić information content (AvgIpc) is 2.84. The van der Waals surface area contributed by atoms with Crippen LogP contribution in [0.25, 0.3) is 0 Å². The van der Waals surface area contributed by atoms with Gasteiger partial charge in [0.15, 0.2) is 0 Å². The molecule has 1 saturated carbocycles. The molecule has 34 heavy (non-hydrogen) atoms. The van der Waals surface area contributed by atoms with Crippen LogP contribution in [0.4, 0.5) is 0 Å². The van der Waals surface area contributed by atoms with Crippen LogP contribution in [-0.4, -0.2) is 44.2 Å². The van der Waals surface area contributed by atoms with Gasteiger partial charge in [0.1, 0.15) is 11.4 Å². The topological polar surface area (TPSA) is 38.8 Å². The van der Waals surface area contributed by atoms with Crippen LogP contribution in [0.15, 0.2) is 24.3 Å². The molecular formula is C30H51NO3. The minimum absolute atomic E-state index is 0.00117. The van der Waals surface area contributed by atoms with Crippen molar-refractivity contribution >= 4 is 5.97 Å². The normalized spacial score (nSPS) is 16.4. The Morgan fingerprint density at radius 2 is 1.44 bits per heavy atom. The molecule has 1 fully saturated rings. The van der Waals surface area contributed by atoms with Crippen LogP contribution in [0.1, 0.15) is 121 Å². The lowest BCUT2D eigenvalue weighted by Crippen LogP contribution is -2.46. The van der Waals surface area contributed by atoms with Crippen molar-refractivity contribution in [2.24, 2.45) is 0 Å². The first-order valence-corrected chi connectivity index (χ1v) is 14.0. The van der Waals surface area contributed by atoms with Gasteiger partial charge in [-0.3, -0.25) is 4.79 Å². The summed E-state index contributed by atoms with van der Waals surface area (Å²) < 4.78 is 11.8. The van der Waals surface area contributed by atoms with Gasteiger partial charge >= 0.3 is 5.97 Å². The third-order valence-corrected chi connectivity index (χ3v) is 7.45. The van der Waals surface area contributed by atoms with E-state index < -0.39 is 5.60 Å². The van der Waals surface area contributed by atoms with E-state index in [9.17, 15) is 4.79 Å². The molecule has 1 aromatic rings. The van der Waals surface area contributed by atoms with Crippen LogP contribution < -0.4 is 4.74 Å². The summed E-state index contributed by atoms with van der Waals surface area (Å²) in [6.45, 7) is 3.14. The van der Waals surface area contributed by atoms with Crippen molar-refractivity contribution in [3.63, 3.8) is 0 Å². The van der Waals surface area contributed by atoms with Crippen LogP contribution in [0.2, 0.25) is 0 Å². The molecule has 1 unspecified atom stereocenters. The number of nitrogens with zero attached hydrogens (tertiary/aromatic N) is 1. The fraction of sp³-hybridized carbons (Fsp3) is 0.767. The minimum Gasteiger partial charge on any atom is -0.497 e. The van der Waals surface area contributed by atoms with E-state index in [1.165, 1.54) is 63.4 Å². The molecule has 0 aromatic heterocycles. The molecule has 4 nitrogen and oxygen atoms in total. The summed E-state index contributed by atoms with van der Waals surface area (Å²) in [5.74, 6) is 1.03. The summed E-state index contributed by atoms with van der Waals surface area (Å²) in [7, 11) is 5.92. The fourth-order valence-corrected chi connectivity index (χ4v) is 5.48. The van der Waals surface area contributed by atoms with E-state index in [0.717, 1.165) is 50.8 Å².